The van der Waals surface area contributed by atoms with Crippen molar-refractivity contribution in [2.24, 2.45) is 5.92 Å². The summed E-state index contributed by atoms with van der Waals surface area (Å²) in [6.07, 6.45) is 1.24. The van der Waals surface area contributed by atoms with Crippen LogP contribution in [0.2, 0.25) is 0 Å². The van der Waals surface area contributed by atoms with Crippen molar-refractivity contribution in [3.05, 3.63) is 46.2 Å². The Hall–Kier alpha value is -2.28. The Morgan fingerprint density at radius 3 is 2.72 bits per heavy atom. The molecule has 1 aromatic carbocycles. The largest absolute Gasteiger partial charge is 0.337 e. The summed E-state index contributed by atoms with van der Waals surface area (Å²) in [6.45, 7) is 5.27. The Bertz CT molecular complexity index is 786. The number of anilines is 1. The summed E-state index contributed by atoms with van der Waals surface area (Å²) in [4.78, 5) is 31.8. The first-order chi connectivity index (χ1) is 11.9. The van der Waals surface area contributed by atoms with Crippen LogP contribution < -0.4 is 5.32 Å². The monoisotopic (exact) mass is 361 g/mol. The number of benzene rings is 1. The molecule has 1 N–H and O–H groups in total. The number of nitrogens with one attached hydrogen (secondary N) is 1. The molecule has 2 heterocycles. The smallest absolute Gasteiger partial charge is 0.257 e. The van der Waals surface area contributed by atoms with Crippen LogP contribution in [0.4, 0.5) is 9.52 Å². The van der Waals surface area contributed by atoms with Crippen LogP contribution >= 0.6 is 11.3 Å². The number of rotatable bonds is 4. The van der Waals surface area contributed by atoms with Gasteiger partial charge in [0.05, 0.1) is 12.2 Å². The summed E-state index contributed by atoms with van der Waals surface area (Å²) in [5, 5.41) is 3.27. The van der Waals surface area contributed by atoms with Gasteiger partial charge in [-0.2, -0.15) is 0 Å². The molecule has 1 aliphatic rings. The molecule has 0 fully saturated rings. The maximum Gasteiger partial charge on any atom is 0.257 e. The van der Waals surface area contributed by atoms with E-state index in [-0.39, 0.29) is 17.6 Å². The maximum absolute atomic E-state index is 12.9. The van der Waals surface area contributed by atoms with Crippen LogP contribution in [0.25, 0.3) is 0 Å². The number of amides is 2. The Morgan fingerprint density at radius 2 is 2.04 bits per heavy atom. The molecule has 25 heavy (non-hydrogen) atoms. The van der Waals surface area contributed by atoms with Crippen LogP contribution in [0.1, 0.15) is 41.2 Å². The second-order valence-electron chi connectivity index (χ2n) is 6.51. The second-order valence-corrected chi connectivity index (χ2v) is 7.60. The van der Waals surface area contributed by atoms with E-state index in [1.54, 1.807) is 0 Å². The summed E-state index contributed by atoms with van der Waals surface area (Å²) in [7, 11) is 0. The van der Waals surface area contributed by atoms with Gasteiger partial charge in [0.25, 0.3) is 5.91 Å². The highest BCUT2D eigenvalue weighted by Gasteiger charge is 2.24. The number of hydrogen-bond acceptors (Lipinski definition) is 4. The van der Waals surface area contributed by atoms with Crippen molar-refractivity contribution >= 4 is 28.3 Å². The first-order valence-electron chi connectivity index (χ1n) is 8.25. The fraction of sp³-hybridized carbons (Fsp3) is 0.389. The van der Waals surface area contributed by atoms with Gasteiger partial charge in [0, 0.05) is 29.8 Å². The molecule has 7 heteroatoms. The zero-order chi connectivity index (χ0) is 18.0. The van der Waals surface area contributed by atoms with Crippen LogP contribution in [-0.2, 0) is 17.8 Å². The second kappa shape index (κ2) is 7.31. The van der Waals surface area contributed by atoms with Crippen molar-refractivity contribution in [2.45, 2.75) is 33.2 Å². The zero-order valence-corrected chi connectivity index (χ0v) is 15.0. The minimum Gasteiger partial charge on any atom is -0.337 e. The lowest BCUT2D eigenvalue weighted by Gasteiger charge is -2.26. The Labute approximate surface area is 149 Å². The average Bonchev–Trinajstić information content (AvgIpc) is 2.95. The van der Waals surface area contributed by atoms with E-state index < -0.39 is 0 Å². The summed E-state index contributed by atoms with van der Waals surface area (Å²) in [5.41, 5.74) is 1.32. The SMILES string of the molecule is CC(C)CC(=O)N1CCc2nc(NC(=O)c3ccc(F)cc3)sc2C1. The normalized spacial score (nSPS) is 13.7. The van der Waals surface area contributed by atoms with E-state index in [0.29, 0.717) is 42.5 Å². The molecular weight excluding hydrogens is 341 g/mol. The van der Waals surface area contributed by atoms with Crippen LogP contribution in [0, 0.1) is 11.7 Å². The molecule has 1 aliphatic heterocycles. The Morgan fingerprint density at radius 1 is 1.32 bits per heavy atom. The molecule has 0 saturated heterocycles. The molecule has 3 rings (SSSR count). The van der Waals surface area contributed by atoms with Crippen molar-refractivity contribution in [3.63, 3.8) is 0 Å². The first kappa shape index (κ1) is 17.5. The number of aromatic nitrogens is 1. The molecule has 0 atom stereocenters. The lowest BCUT2D eigenvalue weighted by Crippen LogP contribution is -2.36. The molecule has 0 bridgehead atoms. The van der Waals surface area contributed by atoms with Crippen LogP contribution in [0.5, 0.6) is 0 Å². The summed E-state index contributed by atoms with van der Waals surface area (Å²) < 4.78 is 12.9. The molecule has 132 valence electrons. The summed E-state index contributed by atoms with van der Waals surface area (Å²) in [5.74, 6) is -0.210. The van der Waals surface area contributed by atoms with Gasteiger partial charge in [-0.15, -0.1) is 0 Å². The fourth-order valence-corrected chi connectivity index (χ4v) is 3.73. The number of nitrogens with zero attached hydrogens (tertiary/aromatic N) is 2. The average molecular weight is 361 g/mol. The minimum atomic E-state index is -0.382. The quantitative estimate of drug-likeness (QED) is 0.907. The van der Waals surface area contributed by atoms with Gasteiger partial charge in [-0.05, 0) is 30.2 Å². The maximum atomic E-state index is 12.9. The van der Waals surface area contributed by atoms with Crippen molar-refractivity contribution in [2.75, 3.05) is 11.9 Å². The molecule has 0 aliphatic carbocycles. The van der Waals surface area contributed by atoms with E-state index in [4.69, 9.17) is 0 Å². The summed E-state index contributed by atoms with van der Waals surface area (Å²) in [6, 6.07) is 5.37. The van der Waals surface area contributed by atoms with Crippen LogP contribution in [-0.4, -0.2) is 28.2 Å². The number of fused-ring (bicyclic) bond motifs is 1. The van der Waals surface area contributed by atoms with Gasteiger partial charge in [0.1, 0.15) is 5.82 Å². The number of hydrogen-bond donors (Lipinski definition) is 1. The van der Waals surface area contributed by atoms with Gasteiger partial charge in [-0.3, -0.25) is 14.9 Å². The van der Waals surface area contributed by atoms with Gasteiger partial charge >= 0.3 is 0 Å². The van der Waals surface area contributed by atoms with E-state index in [1.165, 1.54) is 35.6 Å². The molecule has 2 amide bonds. The predicted octanol–water partition coefficient (Wildman–Crippen LogP) is 3.47. The van der Waals surface area contributed by atoms with Crippen molar-refractivity contribution in [3.8, 4) is 0 Å². The zero-order valence-electron chi connectivity index (χ0n) is 14.2. The van der Waals surface area contributed by atoms with E-state index in [2.05, 4.69) is 10.3 Å². The van der Waals surface area contributed by atoms with Crippen molar-refractivity contribution in [1.29, 1.82) is 0 Å². The van der Waals surface area contributed by atoms with Gasteiger partial charge in [0.15, 0.2) is 5.13 Å². The van der Waals surface area contributed by atoms with Gasteiger partial charge in [-0.1, -0.05) is 25.2 Å². The lowest BCUT2D eigenvalue weighted by atomic mass is 10.1. The molecular formula is C18H20FN3O2S. The van der Waals surface area contributed by atoms with Gasteiger partial charge in [-0.25, -0.2) is 9.37 Å². The number of carbonyl (C=O) groups is 2. The molecule has 2 aromatic rings. The molecule has 0 radical (unpaired) electrons. The van der Waals surface area contributed by atoms with Crippen molar-refractivity contribution in [1.82, 2.24) is 9.88 Å². The number of carbonyl (C=O) groups excluding carboxylic acids is 2. The fourth-order valence-electron chi connectivity index (χ4n) is 2.71. The highest BCUT2D eigenvalue weighted by atomic mass is 32.1. The van der Waals surface area contributed by atoms with Gasteiger partial charge < -0.3 is 4.90 Å². The minimum absolute atomic E-state index is 0.158. The number of halogens is 1. The molecule has 5 nitrogen and oxygen atoms in total. The standard InChI is InChI=1S/C18H20FN3O2S/c1-11(2)9-16(23)22-8-7-14-15(10-22)25-18(20-14)21-17(24)12-3-5-13(19)6-4-12/h3-6,11H,7-10H2,1-2H3,(H,20,21,24). The molecule has 0 spiro atoms. The lowest BCUT2D eigenvalue weighted by molar-refractivity contribution is -0.132. The Balaban J connectivity index is 1.67. The topological polar surface area (TPSA) is 62.3 Å². The van der Waals surface area contributed by atoms with E-state index in [9.17, 15) is 14.0 Å². The first-order valence-corrected chi connectivity index (χ1v) is 9.07. The van der Waals surface area contributed by atoms with Gasteiger partial charge in [0.2, 0.25) is 5.91 Å². The van der Waals surface area contributed by atoms with E-state index in [1.807, 2.05) is 18.7 Å². The third-order valence-corrected chi connectivity index (χ3v) is 4.99. The molecule has 1 aromatic heterocycles. The van der Waals surface area contributed by atoms with Crippen LogP contribution in [0.3, 0.4) is 0 Å². The molecule has 0 unspecified atom stereocenters. The highest BCUT2D eigenvalue weighted by molar-refractivity contribution is 7.15. The highest BCUT2D eigenvalue weighted by Crippen LogP contribution is 2.29. The summed E-state index contributed by atoms with van der Waals surface area (Å²) >= 11 is 1.39. The third-order valence-electron chi connectivity index (χ3n) is 3.99. The van der Waals surface area contributed by atoms with Crippen molar-refractivity contribution < 1.29 is 14.0 Å². The van der Waals surface area contributed by atoms with E-state index >= 15 is 0 Å². The molecule has 0 saturated carbocycles. The van der Waals surface area contributed by atoms with Crippen LogP contribution in [0.15, 0.2) is 24.3 Å². The third kappa shape index (κ3) is 4.22. The predicted molar refractivity (Wildman–Crippen MR) is 95.0 cm³/mol. The number of thiazole rings is 1. The van der Waals surface area contributed by atoms with E-state index in [0.717, 1.165) is 10.6 Å². The Kier molecular flexibility index (Phi) is 5.13.